The number of aliphatic hydroxyl groups is 2. The molecule has 0 radical (unpaired) electrons. The maximum absolute atomic E-state index is 10.6. The number of aliphatic hydroxyl groups excluding tert-OH is 1. The van der Waals surface area contributed by atoms with E-state index in [1.54, 1.807) is 11.4 Å². The van der Waals surface area contributed by atoms with Gasteiger partial charge in [-0.2, -0.15) is 0 Å². The summed E-state index contributed by atoms with van der Waals surface area (Å²) in [5.41, 5.74) is -0.872. The summed E-state index contributed by atoms with van der Waals surface area (Å²) >= 11 is 1.35. The largest absolute Gasteiger partial charge is 0.478 e. The van der Waals surface area contributed by atoms with Crippen LogP contribution in [0.1, 0.15) is 22.2 Å². The fourth-order valence-corrected chi connectivity index (χ4v) is 1.92. The van der Waals surface area contributed by atoms with Crippen LogP contribution in [0, 0.1) is 0 Å². The van der Waals surface area contributed by atoms with Crippen molar-refractivity contribution in [3.8, 4) is 0 Å². The zero-order valence-electron chi connectivity index (χ0n) is 8.93. The maximum Gasteiger partial charge on any atom is 0.336 e. The van der Waals surface area contributed by atoms with E-state index in [1.165, 1.54) is 18.3 Å². The molecule has 1 rings (SSSR count). The highest BCUT2D eigenvalue weighted by atomic mass is 32.1. The molecule has 0 saturated heterocycles. The minimum absolute atomic E-state index is 0.254. The van der Waals surface area contributed by atoms with Crippen molar-refractivity contribution in [3.63, 3.8) is 0 Å². The van der Waals surface area contributed by atoms with Crippen LogP contribution in [0.2, 0.25) is 0 Å². The van der Waals surface area contributed by atoms with Gasteiger partial charge in [0, 0.05) is 23.3 Å². The van der Waals surface area contributed by atoms with Gasteiger partial charge in [-0.15, -0.1) is 11.3 Å². The molecular formula is C10H15NO4S. The highest BCUT2D eigenvalue weighted by Gasteiger charge is 2.18. The van der Waals surface area contributed by atoms with Crippen molar-refractivity contribution in [2.75, 3.05) is 13.2 Å². The van der Waals surface area contributed by atoms with E-state index in [-0.39, 0.29) is 18.7 Å². The minimum Gasteiger partial charge on any atom is -0.478 e. The number of carboxylic acids is 1. The van der Waals surface area contributed by atoms with E-state index >= 15 is 0 Å². The van der Waals surface area contributed by atoms with E-state index in [2.05, 4.69) is 5.32 Å². The molecule has 0 aliphatic rings. The number of nitrogens with one attached hydrogen (secondary N) is 1. The van der Waals surface area contributed by atoms with Gasteiger partial charge in [-0.3, -0.25) is 0 Å². The molecule has 0 amide bonds. The lowest BCUT2D eigenvalue weighted by Gasteiger charge is -2.20. The Balaban J connectivity index is 2.40. The number of carbonyl (C=O) groups is 1. The van der Waals surface area contributed by atoms with E-state index < -0.39 is 11.6 Å². The zero-order valence-corrected chi connectivity index (χ0v) is 9.75. The van der Waals surface area contributed by atoms with Crippen LogP contribution in [-0.2, 0) is 6.54 Å². The number of carboxylic acid groups (broad SMARTS) is 1. The van der Waals surface area contributed by atoms with Crippen molar-refractivity contribution >= 4 is 17.3 Å². The first-order chi connectivity index (χ1) is 7.44. The average Bonchev–Trinajstić information content (AvgIpc) is 2.66. The van der Waals surface area contributed by atoms with Gasteiger partial charge in [0.2, 0.25) is 0 Å². The van der Waals surface area contributed by atoms with Crippen LogP contribution in [0.25, 0.3) is 0 Å². The molecule has 1 aromatic heterocycles. The van der Waals surface area contributed by atoms with Crippen molar-refractivity contribution in [1.82, 2.24) is 5.32 Å². The summed E-state index contributed by atoms with van der Waals surface area (Å²) in [6.45, 7) is 1.94. The number of rotatable bonds is 6. The molecule has 1 unspecified atom stereocenters. The molecular weight excluding hydrogens is 230 g/mol. The monoisotopic (exact) mass is 245 g/mol. The Labute approximate surface area is 97.4 Å². The Bertz CT molecular complexity index is 361. The molecule has 0 fully saturated rings. The third kappa shape index (κ3) is 3.90. The number of aromatic carboxylic acids is 1. The summed E-state index contributed by atoms with van der Waals surface area (Å²) < 4.78 is 0. The molecule has 0 spiro atoms. The van der Waals surface area contributed by atoms with Gasteiger partial charge in [0.05, 0.1) is 17.8 Å². The van der Waals surface area contributed by atoms with Crippen molar-refractivity contribution in [2.45, 2.75) is 19.1 Å². The summed E-state index contributed by atoms with van der Waals surface area (Å²) in [7, 11) is 0. The molecule has 0 bridgehead atoms. The first kappa shape index (κ1) is 13.1. The Hall–Kier alpha value is -0.950. The molecule has 90 valence electrons. The second-order valence-electron chi connectivity index (χ2n) is 3.87. The summed E-state index contributed by atoms with van der Waals surface area (Å²) in [6.07, 6.45) is 0. The average molecular weight is 245 g/mol. The van der Waals surface area contributed by atoms with Crippen LogP contribution in [0.5, 0.6) is 0 Å². The van der Waals surface area contributed by atoms with Gasteiger partial charge in [-0.25, -0.2) is 4.79 Å². The summed E-state index contributed by atoms with van der Waals surface area (Å²) in [5, 5.41) is 31.5. The van der Waals surface area contributed by atoms with E-state index in [1.807, 2.05) is 0 Å². The van der Waals surface area contributed by atoms with Crippen molar-refractivity contribution in [2.24, 2.45) is 0 Å². The molecule has 0 aromatic carbocycles. The quantitative estimate of drug-likeness (QED) is 0.578. The Morgan fingerprint density at radius 1 is 1.62 bits per heavy atom. The molecule has 0 aliphatic heterocycles. The van der Waals surface area contributed by atoms with Crippen molar-refractivity contribution in [3.05, 3.63) is 21.9 Å². The fraction of sp³-hybridized carbons (Fsp3) is 0.500. The topological polar surface area (TPSA) is 89.8 Å². The van der Waals surface area contributed by atoms with Crippen molar-refractivity contribution < 1.29 is 20.1 Å². The molecule has 1 atom stereocenters. The molecule has 1 aromatic rings. The maximum atomic E-state index is 10.6. The fourth-order valence-electron chi connectivity index (χ4n) is 1.10. The van der Waals surface area contributed by atoms with Crippen LogP contribution in [0.4, 0.5) is 0 Å². The lowest BCUT2D eigenvalue weighted by Crippen LogP contribution is -2.40. The highest BCUT2D eigenvalue weighted by molar-refractivity contribution is 7.10. The highest BCUT2D eigenvalue weighted by Crippen LogP contribution is 2.14. The predicted octanol–water partition coefficient (Wildman–Crippen LogP) is 0.279. The second kappa shape index (κ2) is 5.40. The standard InChI is InChI=1S/C10H15NO4S/c1-10(15,6-12)5-11-3-8-2-7(4-16-8)9(13)14/h2,4,11-12,15H,3,5-6H2,1H3,(H,13,14). The molecule has 16 heavy (non-hydrogen) atoms. The lowest BCUT2D eigenvalue weighted by atomic mass is 10.1. The Kier molecular flexibility index (Phi) is 4.43. The molecule has 4 N–H and O–H groups in total. The van der Waals surface area contributed by atoms with E-state index in [0.717, 1.165) is 4.88 Å². The Morgan fingerprint density at radius 2 is 2.31 bits per heavy atom. The van der Waals surface area contributed by atoms with Gasteiger partial charge in [0.25, 0.3) is 0 Å². The van der Waals surface area contributed by atoms with Crippen molar-refractivity contribution in [1.29, 1.82) is 0 Å². The number of thiophene rings is 1. The van der Waals surface area contributed by atoms with E-state index in [9.17, 15) is 9.90 Å². The van der Waals surface area contributed by atoms with Gasteiger partial charge in [0.15, 0.2) is 0 Å². The smallest absolute Gasteiger partial charge is 0.336 e. The summed E-state index contributed by atoms with van der Waals surface area (Å²) in [6, 6.07) is 1.59. The zero-order chi connectivity index (χ0) is 12.2. The minimum atomic E-state index is -1.15. The van der Waals surface area contributed by atoms with E-state index in [4.69, 9.17) is 10.2 Å². The van der Waals surface area contributed by atoms with Gasteiger partial charge >= 0.3 is 5.97 Å². The van der Waals surface area contributed by atoms with Crippen LogP contribution in [0.15, 0.2) is 11.4 Å². The third-order valence-corrected chi connectivity index (χ3v) is 2.98. The first-order valence-corrected chi connectivity index (χ1v) is 5.67. The van der Waals surface area contributed by atoms with Gasteiger partial charge in [-0.1, -0.05) is 0 Å². The molecule has 6 heteroatoms. The van der Waals surface area contributed by atoms with E-state index in [0.29, 0.717) is 6.54 Å². The first-order valence-electron chi connectivity index (χ1n) is 4.79. The normalized spacial score (nSPS) is 14.7. The van der Waals surface area contributed by atoms with Crippen LogP contribution in [0.3, 0.4) is 0 Å². The predicted molar refractivity (Wildman–Crippen MR) is 60.7 cm³/mol. The third-order valence-electron chi connectivity index (χ3n) is 2.05. The van der Waals surface area contributed by atoms with Gasteiger partial charge in [-0.05, 0) is 13.0 Å². The number of hydrogen-bond acceptors (Lipinski definition) is 5. The van der Waals surface area contributed by atoms with Crippen LogP contribution in [-0.4, -0.2) is 40.0 Å². The molecule has 0 aliphatic carbocycles. The second-order valence-corrected chi connectivity index (χ2v) is 4.86. The lowest BCUT2D eigenvalue weighted by molar-refractivity contribution is 0.00257. The summed E-state index contributed by atoms with van der Waals surface area (Å²) in [5.74, 6) is -0.940. The molecule has 5 nitrogen and oxygen atoms in total. The molecule has 1 heterocycles. The number of hydrogen-bond donors (Lipinski definition) is 4. The SMILES string of the molecule is CC(O)(CO)CNCc1cc(C(=O)O)cs1. The molecule has 0 saturated carbocycles. The van der Waals surface area contributed by atoms with Gasteiger partial charge in [0.1, 0.15) is 0 Å². The Morgan fingerprint density at radius 3 is 2.81 bits per heavy atom. The van der Waals surface area contributed by atoms with Gasteiger partial charge < -0.3 is 20.6 Å². The van der Waals surface area contributed by atoms with Crippen LogP contribution >= 0.6 is 11.3 Å². The summed E-state index contributed by atoms with van der Waals surface area (Å²) in [4.78, 5) is 11.5. The van der Waals surface area contributed by atoms with Crippen LogP contribution < -0.4 is 5.32 Å².